The number of rotatable bonds is 5. The number of hydrogen-bond acceptors (Lipinski definition) is 5. The Balaban J connectivity index is 1.71. The van der Waals surface area contributed by atoms with E-state index in [4.69, 9.17) is 0 Å². The van der Waals surface area contributed by atoms with Crippen LogP contribution in [0.25, 0.3) is 11.1 Å². The Labute approximate surface area is 143 Å². The van der Waals surface area contributed by atoms with E-state index in [1.807, 2.05) is 0 Å². The molecule has 0 atom stereocenters. The van der Waals surface area contributed by atoms with Gasteiger partial charge in [-0.1, -0.05) is 18.2 Å². The van der Waals surface area contributed by atoms with Crippen molar-refractivity contribution in [2.24, 2.45) is 0 Å². The van der Waals surface area contributed by atoms with Gasteiger partial charge in [0.1, 0.15) is 5.82 Å². The van der Waals surface area contributed by atoms with Gasteiger partial charge in [0.05, 0.1) is 12.1 Å². The van der Waals surface area contributed by atoms with E-state index in [9.17, 15) is 14.7 Å². The average Bonchev–Trinajstić information content (AvgIpc) is 2.67. The number of hydrogen-bond donors (Lipinski definition) is 2. The van der Waals surface area contributed by atoms with Crippen LogP contribution >= 0.6 is 0 Å². The fourth-order valence-corrected chi connectivity index (χ4v) is 2.27. The largest absolute Gasteiger partial charge is 0.478 e. The summed E-state index contributed by atoms with van der Waals surface area (Å²) in [4.78, 5) is 35.5. The zero-order chi connectivity index (χ0) is 17.6. The van der Waals surface area contributed by atoms with Gasteiger partial charge < -0.3 is 10.4 Å². The number of nitrogens with one attached hydrogen (secondary N) is 1. The Morgan fingerprint density at radius 1 is 1.00 bits per heavy atom. The normalized spacial score (nSPS) is 10.2. The molecule has 0 spiro atoms. The molecule has 0 aliphatic carbocycles. The summed E-state index contributed by atoms with van der Waals surface area (Å²) in [5.41, 5.74) is 1.83. The fourth-order valence-electron chi connectivity index (χ4n) is 2.27. The van der Waals surface area contributed by atoms with Crippen LogP contribution in [0.4, 0.5) is 0 Å². The number of aromatic carboxylic acids is 1. The van der Waals surface area contributed by atoms with Gasteiger partial charge in [0, 0.05) is 35.9 Å². The minimum absolute atomic E-state index is 0.169. The summed E-state index contributed by atoms with van der Waals surface area (Å²) in [7, 11) is 0. The summed E-state index contributed by atoms with van der Waals surface area (Å²) < 4.78 is 0. The zero-order valence-corrected chi connectivity index (χ0v) is 13.1. The maximum absolute atomic E-state index is 12.0. The van der Waals surface area contributed by atoms with Crippen LogP contribution in [0.1, 0.15) is 26.5 Å². The molecule has 0 fully saturated rings. The maximum atomic E-state index is 12.0. The lowest BCUT2D eigenvalue weighted by Gasteiger charge is -2.07. The highest BCUT2D eigenvalue weighted by molar-refractivity contribution is 5.95. The van der Waals surface area contributed by atoms with Gasteiger partial charge in [-0.15, -0.1) is 0 Å². The van der Waals surface area contributed by atoms with E-state index in [0.717, 1.165) is 0 Å². The zero-order valence-electron chi connectivity index (χ0n) is 13.1. The van der Waals surface area contributed by atoms with Crippen molar-refractivity contribution < 1.29 is 14.7 Å². The molecule has 2 N–H and O–H groups in total. The third-order valence-corrected chi connectivity index (χ3v) is 3.52. The van der Waals surface area contributed by atoms with Gasteiger partial charge in [-0.05, 0) is 23.8 Å². The van der Waals surface area contributed by atoms with E-state index < -0.39 is 5.97 Å². The smallest absolute Gasteiger partial charge is 0.336 e. The van der Waals surface area contributed by atoms with Gasteiger partial charge in [0.15, 0.2) is 0 Å². The van der Waals surface area contributed by atoms with Crippen LogP contribution in [0.2, 0.25) is 0 Å². The second-order valence-corrected chi connectivity index (χ2v) is 5.16. The van der Waals surface area contributed by atoms with E-state index in [0.29, 0.717) is 22.5 Å². The van der Waals surface area contributed by atoms with Crippen molar-refractivity contribution in [3.05, 3.63) is 78.1 Å². The number of pyridine rings is 1. The first-order valence-corrected chi connectivity index (χ1v) is 7.47. The van der Waals surface area contributed by atoms with Gasteiger partial charge in [0.25, 0.3) is 5.91 Å². The number of benzene rings is 1. The molecule has 0 saturated carbocycles. The molecule has 7 heteroatoms. The second-order valence-electron chi connectivity index (χ2n) is 5.16. The molecule has 0 saturated heterocycles. The SMILES string of the molecule is O=C(NCc1ncc(-c2ccccc2C(=O)O)cn1)c1ccncc1. The predicted molar refractivity (Wildman–Crippen MR) is 89.8 cm³/mol. The third-order valence-electron chi connectivity index (χ3n) is 3.52. The summed E-state index contributed by atoms with van der Waals surface area (Å²) in [5.74, 6) is -0.824. The number of carbonyl (C=O) groups excluding carboxylic acids is 1. The highest BCUT2D eigenvalue weighted by atomic mass is 16.4. The van der Waals surface area contributed by atoms with Crippen molar-refractivity contribution in [1.29, 1.82) is 0 Å². The molecule has 1 amide bonds. The Bertz CT molecular complexity index is 896. The van der Waals surface area contributed by atoms with E-state index in [1.54, 1.807) is 55.1 Å². The van der Waals surface area contributed by atoms with Crippen LogP contribution < -0.4 is 5.32 Å². The van der Waals surface area contributed by atoms with E-state index in [-0.39, 0.29) is 18.0 Å². The molecule has 3 aromatic rings. The molecule has 0 unspecified atom stereocenters. The average molecular weight is 334 g/mol. The molecule has 2 aromatic heterocycles. The molecule has 0 bridgehead atoms. The van der Waals surface area contributed by atoms with Crippen molar-refractivity contribution in [3.8, 4) is 11.1 Å². The van der Waals surface area contributed by atoms with Crippen molar-refractivity contribution in [2.45, 2.75) is 6.54 Å². The highest BCUT2D eigenvalue weighted by Gasteiger charge is 2.12. The van der Waals surface area contributed by atoms with Gasteiger partial charge in [-0.2, -0.15) is 0 Å². The van der Waals surface area contributed by atoms with Crippen LogP contribution in [-0.4, -0.2) is 31.9 Å². The van der Waals surface area contributed by atoms with Crippen molar-refractivity contribution >= 4 is 11.9 Å². The maximum Gasteiger partial charge on any atom is 0.336 e. The molecular weight excluding hydrogens is 320 g/mol. The molecule has 25 heavy (non-hydrogen) atoms. The van der Waals surface area contributed by atoms with Crippen LogP contribution in [0.15, 0.2) is 61.2 Å². The van der Waals surface area contributed by atoms with Crippen molar-refractivity contribution in [1.82, 2.24) is 20.3 Å². The first-order valence-electron chi connectivity index (χ1n) is 7.47. The lowest BCUT2D eigenvalue weighted by Crippen LogP contribution is -2.23. The van der Waals surface area contributed by atoms with Gasteiger partial charge >= 0.3 is 5.97 Å². The summed E-state index contributed by atoms with van der Waals surface area (Å²) in [6.45, 7) is 0.169. The van der Waals surface area contributed by atoms with E-state index in [1.165, 1.54) is 6.07 Å². The molecule has 3 rings (SSSR count). The van der Waals surface area contributed by atoms with Crippen LogP contribution in [-0.2, 0) is 6.54 Å². The minimum atomic E-state index is -1.01. The topological polar surface area (TPSA) is 105 Å². The van der Waals surface area contributed by atoms with E-state index >= 15 is 0 Å². The quantitative estimate of drug-likeness (QED) is 0.741. The molecule has 124 valence electrons. The summed E-state index contributed by atoms with van der Waals surface area (Å²) in [6.07, 6.45) is 6.17. The van der Waals surface area contributed by atoms with E-state index in [2.05, 4.69) is 20.3 Å². The molecular formula is C18H14N4O3. The molecule has 0 aliphatic rings. The number of carbonyl (C=O) groups is 2. The first kappa shape index (κ1) is 16.3. The monoisotopic (exact) mass is 334 g/mol. The van der Waals surface area contributed by atoms with Crippen LogP contribution in [0.5, 0.6) is 0 Å². The highest BCUT2D eigenvalue weighted by Crippen LogP contribution is 2.22. The Morgan fingerprint density at radius 3 is 2.36 bits per heavy atom. The fraction of sp³-hybridized carbons (Fsp3) is 0.0556. The Morgan fingerprint density at radius 2 is 1.68 bits per heavy atom. The van der Waals surface area contributed by atoms with Crippen LogP contribution in [0, 0.1) is 0 Å². The summed E-state index contributed by atoms with van der Waals surface area (Å²) in [6, 6.07) is 9.87. The van der Waals surface area contributed by atoms with Crippen molar-refractivity contribution in [2.75, 3.05) is 0 Å². The van der Waals surface area contributed by atoms with Crippen molar-refractivity contribution in [3.63, 3.8) is 0 Å². The second kappa shape index (κ2) is 7.31. The Kier molecular flexibility index (Phi) is 4.75. The van der Waals surface area contributed by atoms with Gasteiger partial charge in [0.2, 0.25) is 0 Å². The molecule has 2 heterocycles. The number of carboxylic acids is 1. The Hall–Kier alpha value is -3.61. The third kappa shape index (κ3) is 3.84. The lowest BCUT2D eigenvalue weighted by molar-refractivity contribution is 0.0697. The summed E-state index contributed by atoms with van der Waals surface area (Å²) in [5, 5.41) is 12.0. The molecule has 7 nitrogen and oxygen atoms in total. The molecule has 0 aliphatic heterocycles. The number of aromatic nitrogens is 3. The van der Waals surface area contributed by atoms with Gasteiger partial charge in [-0.3, -0.25) is 9.78 Å². The molecule has 0 radical (unpaired) electrons. The first-order chi connectivity index (χ1) is 12.1. The summed E-state index contributed by atoms with van der Waals surface area (Å²) >= 11 is 0. The van der Waals surface area contributed by atoms with Crippen LogP contribution in [0.3, 0.4) is 0 Å². The number of carboxylic acid groups (broad SMARTS) is 1. The number of amides is 1. The minimum Gasteiger partial charge on any atom is -0.478 e. The lowest BCUT2D eigenvalue weighted by atomic mass is 10.0. The predicted octanol–water partition coefficient (Wildman–Crippen LogP) is 2.17. The molecule has 1 aromatic carbocycles. The van der Waals surface area contributed by atoms with Gasteiger partial charge in [-0.25, -0.2) is 14.8 Å². The number of nitrogens with zero attached hydrogens (tertiary/aromatic N) is 3. The standard InChI is InChI=1S/C18H14N4O3/c23-17(12-5-7-19-8-6-12)22-11-16-20-9-13(10-21-16)14-3-1-2-4-15(14)18(24)25/h1-10H,11H2,(H,22,23)(H,24,25).